The summed E-state index contributed by atoms with van der Waals surface area (Å²) in [5, 5.41) is 10.4. The summed E-state index contributed by atoms with van der Waals surface area (Å²) in [6.07, 6.45) is 8.73. The number of nitrogens with one attached hydrogen (secondary N) is 2. The smallest absolute Gasteiger partial charge is 0.317 e. The molecule has 2 aliphatic rings. The Labute approximate surface area is 132 Å². The topological polar surface area (TPSA) is 73.9 Å². The van der Waals surface area contributed by atoms with Crippen LogP contribution in [0.15, 0.2) is 0 Å². The summed E-state index contributed by atoms with van der Waals surface area (Å²) < 4.78 is 0. The average Bonchev–Trinajstić information content (AvgIpc) is 3.19. The van der Waals surface area contributed by atoms with Gasteiger partial charge in [0.05, 0.1) is 0 Å². The van der Waals surface area contributed by atoms with Crippen molar-refractivity contribution in [2.24, 2.45) is 5.92 Å². The first-order valence-electron chi connectivity index (χ1n) is 8.70. The predicted octanol–water partition coefficient (Wildman–Crippen LogP) is 2.27. The molecule has 2 heterocycles. The molecule has 3 rings (SSSR count). The van der Waals surface area contributed by atoms with Gasteiger partial charge in [0, 0.05) is 32.0 Å². The molecule has 1 aliphatic heterocycles. The molecule has 1 aromatic heterocycles. The number of aryl methyl sites for hydroxylation is 1. The Hall–Kier alpha value is -1.59. The van der Waals surface area contributed by atoms with E-state index in [2.05, 4.69) is 27.4 Å². The Bertz CT molecular complexity index is 486. The number of likely N-dealkylation sites (tertiary alicyclic amines) is 1. The quantitative estimate of drug-likeness (QED) is 0.896. The highest BCUT2D eigenvalue weighted by Gasteiger charge is 2.26. The van der Waals surface area contributed by atoms with Crippen molar-refractivity contribution < 1.29 is 4.79 Å². The van der Waals surface area contributed by atoms with Gasteiger partial charge in [0.1, 0.15) is 11.6 Å². The Kier molecular flexibility index (Phi) is 4.95. The lowest BCUT2D eigenvalue weighted by Gasteiger charge is -2.32. The Morgan fingerprint density at radius 3 is 2.64 bits per heavy atom. The van der Waals surface area contributed by atoms with Crippen LogP contribution in [0, 0.1) is 5.92 Å². The predicted molar refractivity (Wildman–Crippen MR) is 84.5 cm³/mol. The molecular formula is C16H27N5O. The zero-order chi connectivity index (χ0) is 15.4. The molecular weight excluding hydrogens is 278 g/mol. The van der Waals surface area contributed by atoms with Crippen LogP contribution < -0.4 is 5.32 Å². The number of H-pyrrole nitrogens is 1. The van der Waals surface area contributed by atoms with Gasteiger partial charge >= 0.3 is 6.03 Å². The molecule has 6 nitrogen and oxygen atoms in total. The number of hydrogen-bond donors (Lipinski definition) is 2. The normalized spacial score (nSPS) is 20.5. The fourth-order valence-corrected chi connectivity index (χ4v) is 3.53. The van der Waals surface area contributed by atoms with Crippen molar-refractivity contribution in [1.82, 2.24) is 25.4 Å². The van der Waals surface area contributed by atoms with Crippen LogP contribution in [-0.2, 0) is 12.8 Å². The fraction of sp³-hybridized carbons (Fsp3) is 0.812. The van der Waals surface area contributed by atoms with Gasteiger partial charge in [-0.2, -0.15) is 5.10 Å². The number of nitrogens with zero attached hydrogens (tertiary/aromatic N) is 3. The maximum atomic E-state index is 12.2. The number of urea groups is 1. The lowest BCUT2D eigenvalue weighted by atomic mass is 9.93. The molecule has 0 atom stereocenters. The molecule has 1 saturated heterocycles. The first kappa shape index (κ1) is 15.3. The lowest BCUT2D eigenvalue weighted by molar-refractivity contribution is 0.166. The molecule has 2 fully saturated rings. The minimum Gasteiger partial charge on any atom is -0.335 e. The number of hydrogen-bond acceptors (Lipinski definition) is 3. The third-order valence-corrected chi connectivity index (χ3v) is 4.96. The molecule has 1 aromatic rings. The van der Waals surface area contributed by atoms with Crippen molar-refractivity contribution in [3.05, 3.63) is 11.6 Å². The fourth-order valence-electron chi connectivity index (χ4n) is 3.53. The monoisotopic (exact) mass is 305 g/mol. The molecule has 2 amide bonds. The van der Waals surface area contributed by atoms with E-state index < -0.39 is 0 Å². The zero-order valence-corrected chi connectivity index (χ0v) is 13.5. The van der Waals surface area contributed by atoms with Crippen LogP contribution in [0.25, 0.3) is 0 Å². The van der Waals surface area contributed by atoms with E-state index in [-0.39, 0.29) is 6.03 Å². The molecule has 1 aliphatic carbocycles. The highest BCUT2D eigenvalue weighted by molar-refractivity contribution is 5.74. The van der Waals surface area contributed by atoms with Crippen LogP contribution >= 0.6 is 0 Å². The van der Waals surface area contributed by atoms with Gasteiger partial charge in [0.15, 0.2) is 0 Å². The number of amides is 2. The number of piperidine rings is 1. The second-order valence-corrected chi connectivity index (χ2v) is 6.62. The lowest BCUT2D eigenvalue weighted by Crippen LogP contribution is -2.47. The number of aromatic amines is 1. The zero-order valence-electron chi connectivity index (χ0n) is 13.5. The molecule has 122 valence electrons. The van der Waals surface area contributed by atoms with Gasteiger partial charge in [0.25, 0.3) is 0 Å². The van der Waals surface area contributed by atoms with E-state index in [1.54, 1.807) is 0 Å². The summed E-state index contributed by atoms with van der Waals surface area (Å²) in [6.45, 7) is 3.78. The van der Waals surface area contributed by atoms with E-state index in [9.17, 15) is 4.79 Å². The Balaban J connectivity index is 1.42. The van der Waals surface area contributed by atoms with Gasteiger partial charge < -0.3 is 10.2 Å². The van der Waals surface area contributed by atoms with Crippen molar-refractivity contribution in [2.75, 3.05) is 13.1 Å². The maximum absolute atomic E-state index is 12.2. The Morgan fingerprint density at radius 2 is 2.00 bits per heavy atom. The number of carbonyl (C=O) groups is 1. The van der Waals surface area contributed by atoms with Crippen molar-refractivity contribution in [1.29, 1.82) is 0 Å². The van der Waals surface area contributed by atoms with E-state index in [0.717, 1.165) is 63.3 Å². The van der Waals surface area contributed by atoms with E-state index in [4.69, 9.17) is 0 Å². The van der Waals surface area contributed by atoms with Crippen LogP contribution in [-0.4, -0.2) is 45.2 Å². The van der Waals surface area contributed by atoms with Crippen molar-refractivity contribution in [2.45, 2.75) is 64.3 Å². The van der Waals surface area contributed by atoms with Crippen LogP contribution in [0.1, 0.15) is 57.1 Å². The molecule has 2 N–H and O–H groups in total. The van der Waals surface area contributed by atoms with Gasteiger partial charge in [-0.25, -0.2) is 9.78 Å². The van der Waals surface area contributed by atoms with Crippen LogP contribution in [0.3, 0.4) is 0 Å². The molecule has 0 spiro atoms. The van der Waals surface area contributed by atoms with Gasteiger partial charge in [-0.15, -0.1) is 0 Å². The first-order chi connectivity index (χ1) is 10.7. The second-order valence-electron chi connectivity index (χ2n) is 6.62. The summed E-state index contributed by atoms with van der Waals surface area (Å²) >= 11 is 0. The highest BCUT2D eigenvalue weighted by Crippen LogP contribution is 2.22. The maximum Gasteiger partial charge on any atom is 0.317 e. The van der Waals surface area contributed by atoms with Gasteiger partial charge in [-0.1, -0.05) is 19.8 Å². The largest absolute Gasteiger partial charge is 0.335 e. The minimum atomic E-state index is 0.137. The van der Waals surface area contributed by atoms with E-state index in [1.165, 1.54) is 12.8 Å². The summed E-state index contributed by atoms with van der Waals surface area (Å²) in [7, 11) is 0. The number of rotatable bonds is 4. The third-order valence-electron chi connectivity index (χ3n) is 4.96. The van der Waals surface area contributed by atoms with Crippen molar-refractivity contribution >= 4 is 6.03 Å². The van der Waals surface area contributed by atoms with E-state index >= 15 is 0 Å². The molecule has 6 heteroatoms. The first-order valence-corrected chi connectivity index (χ1v) is 8.70. The molecule has 1 saturated carbocycles. The highest BCUT2D eigenvalue weighted by atomic mass is 16.2. The average molecular weight is 305 g/mol. The van der Waals surface area contributed by atoms with Crippen LogP contribution in [0.2, 0.25) is 0 Å². The standard InChI is InChI=1S/C16H27N5O/c1-2-14-18-15(20-19-14)11-12-7-9-21(10-8-12)16(22)17-13-5-3-4-6-13/h12-13H,2-11H2,1H3,(H,17,22)(H,18,19,20). The number of carbonyl (C=O) groups excluding carboxylic acids is 1. The van der Waals surface area contributed by atoms with Gasteiger partial charge in [0.2, 0.25) is 0 Å². The van der Waals surface area contributed by atoms with Gasteiger partial charge in [-0.05, 0) is 31.6 Å². The van der Waals surface area contributed by atoms with E-state index in [0.29, 0.717) is 12.0 Å². The van der Waals surface area contributed by atoms with Crippen molar-refractivity contribution in [3.63, 3.8) is 0 Å². The molecule has 0 bridgehead atoms. The third kappa shape index (κ3) is 3.78. The summed E-state index contributed by atoms with van der Waals surface area (Å²) in [6, 6.07) is 0.546. The SMILES string of the molecule is CCc1n[nH]c(CC2CCN(C(=O)NC3CCCC3)CC2)n1. The summed E-state index contributed by atoms with van der Waals surface area (Å²) in [5.74, 6) is 2.49. The molecule has 0 unspecified atom stereocenters. The minimum absolute atomic E-state index is 0.137. The van der Waals surface area contributed by atoms with E-state index in [1.807, 2.05) is 4.90 Å². The summed E-state index contributed by atoms with van der Waals surface area (Å²) in [4.78, 5) is 18.7. The van der Waals surface area contributed by atoms with Crippen LogP contribution in [0.4, 0.5) is 4.79 Å². The molecule has 0 radical (unpaired) electrons. The van der Waals surface area contributed by atoms with Gasteiger partial charge in [-0.3, -0.25) is 5.10 Å². The Morgan fingerprint density at radius 1 is 1.27 bits per heavy atom. The van der Waals surface area contributed by atoms with Crippen molar-refractivity contribution in [3.8, 4) is 0 Å². The second kappa shape index (κ2) is 7.11. The number of aromatic nitrogens is 3. The summed E-state index contributed by atoms with van der Waals surface area (Å²) in [5.41, 5.74) is 0. The van der Waals surface area contributed by atoms with Crippen LogP contribution in [0.5, 0.6) is 0 Å². The molecule has 0 aromatic carbocycles. The molecule has 22 heavy (non-hydrogen) atoms.